The fraction of sp³-hybridized carbons (Fsp3) is 0.486. The third-order valence-electron chi connectivity index (χ3n) is 10.4. The van der Waals surface area contributed by atoms with E-state index in [2.05, 4.69) is 20.2 Å². The van der Waals surface area contributed by atoms with Crippen LogP contribution in [0, 0.1) is 17.6 Å². The molecule has 3 N–H and O–H groups in total. The van der Waals surface area contributed by atoms with Crippen LogP contribution in [0.4, 0.5) is 24.7 Å². The number of carbonyl (C=O) groups is 1. The summed E-state index contributed by atoms with van der Waals surface area (Å²) in [5, 5.41) is 4.52. The molecule has 0 saturated carbocycles. The summed E-state index contributed by atoms with van der Waals surface area (Å²) in [5.41, 5.74) is 6.88. The van der Waals surface area contributed by atoms with E-state index in [4.69, 9.17) is 20.2 Å². The minimum atomic E-state index is -0.929. The molecule has 0 radical (unpaired) electrons. The molecular weight excluding hydrogens is 623 g/mol. The van der Waals surface area contributed by atoms with Gasteiger partial charge >= 0.3 is 6.01 Å². The minimum Gasteiger partial charge on any atom is -0.461 e. The highest BCUT2D eigenvalue weighted by atomic mass is 19.1. The number of nitrogens with two attached hydrogens (primary N) is 1. The summed E-state index contributed by atoms with van der Waals surface area (Å²) in [7, 11) is 0. The summed E-state index contributed by atoms with van der Waals surface area (Å²) in [4.78, 5) is 31.1. The quantitative estimate of drug-likeness (QED) is 0.305. The summed E-state index contributed by atoms with van der Waals surface area (Å²) in [6.07, 6.45) is 3.58. The Balaban J connectivity index is 1.31. The second-order valence-electron chi connectivity index (χ2n) is 13.6. The van der Waals surface area contributed by atoms with Gasteiger partial charge in [-0.3, -0.25) is 14.7 Å². The van der Waals surface area contributed by atoms with Crippen molar-refractivity contribution in [3.63, 3.8) is 0 Å². The molecule has 9 rings (SSSR count). The van der Waals surface area contributed by atoms with Gasteiger partial charge in [-0.05, 0) is 66.8 Å². The van der Waals surface area contributed by atoms with Gasteiger partial charge in [-0.25, -0.2) is 13.2 Å². The molecule has 6 bridgehead atoms. The Morgan fingerprint density at radius 1 is 1.12 bits per heavy atom. The fourth-order valence-electron chi connectivity index (χ4n) is 8.10. The van der Waals surface area contributed by atoms with E-state index < -0.39 is 23.3 Å². The van der Waals surface area contributed by atoms with Crippen molar-refractivity contribution in [3.05, 3.63) is 47.7 Å². The zero-order valence-corrected chi connectivity index (χ0v) is 26.6. The number of hydrogen-bond donors (Lipinski definition) is 2. The number of aryl methyl sites for hydroxylation is 1. The minimum absolute atomic E-state index is 0.00318. The number of alkyl halides is 1. The Morgan fingerprint density at radius 3 is 2.92 bits per heavy atom. The number of nitrogen functional groups attached to an aromatic ring is 1. The summed E-state index contributed by atoms with van der Waals surface area (Å²) >= 11 is 0. The first-order valence-corrected chi connectivity index (χ1v) is 16.8. The number of nitrogens with zero attached hydrogens (tertiary/aromatic N) is 5. The summed E-state index contributed by atoms with van der Waals surface area (Å²) in [5.74, 6) is -0.951. The lowest BCUT2D eigenvalue weighted by Gasteiger charge is -2.31. The highest BCUT2D eigenvalue weighted by Crippen LogP contribution is 2.42. The second kappa shape index (κ2) is 12.3. The zero-order valence-electron chi connectivity index (χ0n) is 26.6. The van der Waals surface area contributed by atoms with E-state index in [0.717, 1.165) is 19.4 Å². The maximum atomic E-state index is 17.0. The van der Waals surface area contributed by atoms with E-state index >= 15 is 8.78 Å². The molecule has 48 heavy (non-hydrogen) atoms. The van der Waals surface area contributed by atoms with Crippen molar-refractivity contribution in [2.45, 2.75) is 50.2 Å². The number of aromatic nitrogens is 3. The van der Waals surface area contributed by atoms with Gasteiger partial charge in [-0.15, -0.1) is 0 Å². The molecule has 0 aliphatic carbocycles. The lowest BCUT2D eigenvalue weighted by Crippen LogP contribution is -2.43. The molecule has 5 aliphatic rings. The lowest BCUT2D eigenvalue weighted by molar-refractivity contribution is -0.121. The Kier molecular flexibility index (Phi) is 7.98. The highest BCUT2D eigenvalue weighted by Gasteiger charge is 2.49. The number of amides is 1. The van der Waals surface area contributed by atoms with Gasteiger partial charge in [0.15, 0.2) is 5.82 Å². The number of nitrogens with one attached hydrogen (secondary N) is 1. The monoisotopic (exact) mass is 661 g/mol. The first-order chi connectivity index (χ1) is 23.3. The molecule has 3 saturated heterocycles. The number of carbonyl (C=O) groups excluding carboxylic acids is 1. The molecule has 5 aliphatic heterocycles. The van der Waals surface area contributed by atoms with Crippen LogP contribution >= 0.6 is 0 Å². The smallest absolute Gasteiger partial charge is 0.319 e. The Bertz CT molecular complexity index is 1910. The predicted octanol–water partition coefficient (Wildman–Crippen LogP) is 4.57. The van der Waals surface area contributed by atoms with Crippen LogP contribution in [-0.4, -0.2) is 90.0 Å². The first-order valence-electron chi connectivity index (χ1n) is 16.8. The van der Waals surface area contributed by atoms with Crippen LogP contribution < -0.4 is 20.7 Å². The number of hydrogen-bond acceptors (Lipinski definition) is 9. The van der Waals surface area contributed by atoms with Crippen molar-refractivity contribution in [3.8, 4) is 17.3 Å². The molecule has 1 amide bonds. The normalized spacial score (nSPS) is 25.0. The van der Waals surface area contributed by atoms with E-state index in [1.54, 1.807) is 24.4 Å². The van der Waals surface area contributed by atoms with Gasteiger partial charge in [-0.2, -0.15) is 9.97 Å². The maximum Gasteiger partial charge on any atom is 0.319 e. The average molecular weight is 662 g/mol. The van der Waals surface area contributed by atoms with Crippen LogP contribution in [0.25, 0.3) is 32.9 Å². The van der Waals surface area contributed by atoms with Gasteiger partial charge in [-0.1, -0.05) is 6.07 Å². The van der Waals surface area contributed by atoms with E-state index in [-0.39, 0.29) is 48.5 Å². The fourth-order valence-corrected chi connectivity index (χ4v) is 8.10. The molecular formula is C35H38F3N7O3. The molecule has 10 nitrogen and oxygen atoms in total. The largest absolute Gasteiger partial charge is 0.461 e. The average Bonchev–Trinajstić information content (AvgIpc) is 3.48. The molecule has 13 heteroatoms. The molecule has 7 heterocycles. The number of anilines is 2. The number of pyridine rings is 1. The Hall–Kier alpha value is -4.23. The third kappa shape index (κ3) is 5.56. The van der Waals surface area contributed by atoms with Crippen molar-refractivity contribution < 1.29 is 27.4 Å². The number of ether oxygens (including phenoxy) is 2. The number of fused-ring (bicyclic) bond motifs is 7. The first kappa shape index (κ1) is 31.1. The van der Waals surface area contributed by atoms with Crippen molar-refractivity contribution in [1.82, 2.24) is 25.2 Å². The van der Waals surface area contributed by atoms with Crippen molar-refractivity contribution in [1.29, 1.82) is 0 Å². The summed E-state index contributed by atoms with van der Waals surface area (Å²) in [6, 6.07) is 6.28. The van der Waals surface area contributed by atoms with E-state index in [1.165, 1.54) is 6.07 Å². The molecule has 3 fully saturated rings. The van der Waals surface area contributed by atoms with Crippen molar-refractivity contribution in [2.24, 2.45) is 5.92 Å². The van der Waals surface area contributed by atoms with Crippen LogP contribution in [0.3, 0.4) is 0 Å². The molecule has 252 valence electrons. The molecule has 4 aromatic rings. The highest BCUT2D eigenvalue weighted by molar-refractivity contribution is 6.02. The third-order valence-corrected chi connectivity index (χ3v) is 10.4. The molecule has 2 aromatic heterocycles. The van der Waals surface area contributed by atoms with E-state index in [0.29, 0.717) is 91.0 Å². The van der Waals surface area contributed by atoms with Crippen LogP contribution in [0.15, 0.2) is 30.5 Å². The number of halogens is 3. The molecule has 2 aromatic carbocycles. The number of rotatable bonds is 3. The maximum absolute atomic E-state index is 17.0. The van der Waals surface area contributed by atoms with Gasteiger partial charge in [0.2, 0.25) is 5.91 Å². The molecule has 1 unspecified atom stereocenters. The topological polar surface area (TPSA) is 119 Å². The van der Waals surface area contributed by atoms with Crippen molar-refractivity contribution >= 4 is 39.1 Å². The van der Waals surface area contributed by atoms with Crippen LogP contribution in [0.5, 0.6) is 6.01 Å². The van der Waals surface area contributed by atoms with E-state index in [1.807, 2.05) is 4.90 Å². The van der Waals surface area contributed by atoms with Gasteiger partial charge in [0.25, 0.3) is 0 Å². The van der Waals surface area contributed by atoms with Crippen LogP contribution in [-0.2, 0) is 16.0 Å². The van der Waals surface area contributed by atoms with Gasteiger partial charge in [0.1, 0.15) is 35.6 Å². The second-order valence-corrected chi connectivity index (χ2v) is 13.6. The Labute approximate surface area is 275 Å². The number of benzene rings is 2. The molecule has 3 atom stereocenters. The summed E-state index contributed by atoms with van der Waals surface area (Å²) < 4.78 is 59.2. The van der Waals surface area contributed by atoms with Gasteiger partial charge in [0, 0.05) is 62.4 Å². The van der Waals surface area contributed by atoms with Crippen LogP contribution in [0.2, 0.25) is 0 Å². The van der Waals surface area contributed by atoms with Gasteiger partial charge < -0.3 is 25.4 Å². The molecule has 0 spiro atoms. The van der Waals surface area contributed by atoms with Crippen LogP contribution in [0.1, 0.15) is 37.7 Å². The Morgan fingerprint density at radius 2 is 2.02 bits per heavy atom. The van der Waals surface area contributed by atoms with E-state index in [9.17, 15) is 9.18 Å². The lowest BCUT2D eigenvalue weighted by atomic mass is 9.93. The van der Waals surface area contributed by atoms with Gasteiger partial charge in [0.05, 0.1) is 24.1 Å². The van der Waals surface area contributed by atoms with Crippen molar-refractivity contribution in [2.75, 3.05) is 63.2 Å². The predicted molar refractivity (Wildman–Crippen MR) is 176 cm³/mol. The SMILES string of the molecule is Nc1cc2c3c(c(F)ccc3c1)CCCC(=O)NCC1COCCN(C1)c1nc(OC[C@@]34CCCN3C[C@H](F)C4)nc3c(F)c-2ncc13. The zero-order chi connectivity index (χ0) is 33.0. The summed E-state index contributed by atoms with van der Waals surface area (Å²) in [6.45, 7) is 3.49. The standard InChI is InChI=1S/C35H38F3N7O3/c36-22-13-35(7-2-8-45(35)17-22)19-48-34-42-32-26-15-41-31(30(32)38)25-12-23(39)11-21-5-6-27(37)24(29(21)25)3-1-4-28(46)40-14-20-16-44(33(26)43-34)9-10-47-18-20/h5-6,11-12,15,20,22H,1-4,7-10,13-14,16-19,39H2,(H,40,46)/t20?,22-,35+/m1/s1.